The molecular weight excluding hydrogens is 403 g/mol. The van der Waals surface area contributed by atoms with Crippen molar-refractivity contribution in [2.45, 2.75) is 32.2 Å². The highest BCUT2D eigenvalue weighted by Gasteiger charge is 2.29. The molecule has 1 atom stereocenters. The van der Waals surface area contributed by atoms with Crippen molar-refractivity contribution in [3.05, 3.63) is 47.4 Å². The molecule has 31 heavy (non-hydrogen) atoms. The minimum atomic E-state index is -0.492. The van der Waals surface area contributed by atoms with E-state index in [0.717, 1.165) is 24.1 Å². The third kappa shape index (κ3) is 5.53. The van der Waals surface area contributed by atoms with Crippen LogP contribution < -0.4 is 25.8 Å². The van der Waals surface area contributed by atoms with Crippen LogP contribution in [0.25, 0.3) is 0 Å². The number of halogens is 1. The van der Waals surface area contributed by atoms with Gasteiger partial charge in [0.2, 0.25) is 5.91 Å². The molecule has 1 aliphatic carbocycles. The van der Waals surface area contributed by atoms with E-state index in [4.69, 9.17) is 4.74 Å². The van der Waals surface area contributed by atoms with Crippen molar-refractivity contribution >= 4 is 17.8 Å². The maximum atomic E-state index is 14.0. The first-order chi connectivity index (χ1) is 15.0. The fourth-order valence-corrected chi connectivity index (χ4v) is 3.15. The first-order valence-electron chi connectivity index (χ1n) is 10.3. The van der Waals surface area contributed by atoms with Gasteiger partial charge in [0, 0.05) is 19.0 Å². The zero-order valence-corrected chi connectivity index (χ0v) is 17.2. The van der Waals surface area contributed by atoms with Crippen LogP contribution in [0.5, 0.6) is 5.75 Å². The van der Waals surface area contributed by atoms with Crippen molar-refractivity contribution in [2.24, 2.45) is 5.92 Å². The van der Waals surface area contributed by atoms with Gasteiger partial charge in [0.05, 0.1) is 12.3 Å². The summed E-state index contributed by atoms with van der Waals surface area (Å²) in [6, 6.07) is 7.80. The Labute approximate surface area is 179 Å². The largest absolute Gasteiger partial charge is 0.490 e. The average molecular weight is 428 g/mol. The summed E-state index contributed by atoms with van der Waals surface area (Å²) in [6.07, 6.45) is 2.92. The van der Waals surface area contributed by atoms with Gasteiger partial charge in [-0.15, -0.1) is 5.10 Å². The van der Waals surface area contributed by atoms with Gasteiger partial charge in [0.1, 0.15) is 6.54 Å². The molecule has 2 heterocycles. The number of imide groups is 1. The third-order valence-corrected chi connectivity index (χ3v) is 5.23. The van der Waals surface area contributed by atoms with Crippen molar-refractivity contribution in [1.82, 2.24) is 26.4 Å². The molecule has 0 spiro atoms. The van der Waals surface area contributed by atoms with Gasteiger partial charge in [0.25, 0.3) is 0 Å². The van der Waals surface area contributed by atoms with Crippen LogP contribution in [-0.4, -0.2) is 41.8 Å². The lowest BCUT2D eigenvalue weighted by atomic mass is 10.1. The number of amides is 3. The van der Waals surface area contributed by atoms with Gasteiger partial charge in [-0.25, -0.2) is 9.18 Å². The van der Waals surface area contributed by atoms with Crippen LogP contribution in [0.4, 0.5) is 15.0 Å². The number of nitrogens with zero attached hydrogens (tertiary/aromatic N) is 3. The Balaban J connectivity index is 1.22. The summed E-state index contributed by atoms with van der Waals surface area (Å²) in [6.45, 7) is 3.08. The summed E-state index contributed by atoms with van der Waals surface area (Å²) in [5.74, 6) is 0.488. The Morgan fingerprint density at radius 3 is 2.77 bits per heavy atom. The number of hydrogen-bond donors (Lipinski definition) is 3. The van der Waals surface area contributed by atoms with Crippen LogP contribution in [-0.2, 0) is 11.2 Å². The first kappa shape index (κ1) is 21.1. The van der Waals surface area contributed by atoms with Crippen LogP contribution in [0.2, 0.25) is 0 Å². The van der Waals surface area contributed by atoms with Crippen LogP contribution >= 0.6 is 0 Å². The summed E-state index contributed by atoms with van der Waals surface area (Å²) >= 11 is 0. The van der Waals surface area contributed by atoms with Gasteiger partial charge in [0.15, 0.2) is 17.4 Å². The molecule has 3 N–H and O–H groups in total. The second-order valence-electron chi connectivity index (χ2n) is 7.81. The predicted octanol–water partition coefficient (Wildman–Crippen LogP) is 1.86. The molecule has 2 aliphatic rings. The summed E-state index contributed by atoms with van der Waals surface area (Å²) in [5, 5.41) is 10.3. The number of aromatic nitrogens is 2. The summed E-state index contributed by atoms with van der Waals surface area (Å²) in [5.41, 5.74) is 7.99. The number of hydrazine groups is 1. The smallest absolute Gasteiger partial charge is 0.330 e. The Morgan fingerprint density at radius 1 is 1.26 bits per heavy atom. The predicted molar refractivity (Wildman–Crippen MR) is 111 cm³/mol. The molecule has 164 valence electrons. The number of benzene rings is 1. The Hall–Kier alpha value is -3.11. The minimum Gasteiger partial charge on any atom is -0.490 e. The number of ether oxygens (including phenoxy) is 1. The molecule has 2 fully saturated rings. The Bertz CT molecular complexity index is 951. The quantitative estimate of drug-likeness (QED) is 0.301. The number of rotatable bonds is 10. The maximum absolute atomic E-state index is 14.0. The van der Waals surface area contributed by atoms with E-state index < -0.39 is 6.03 Å². The molecule has 1 aliphatic heterocycles. The van der Waals surface area contributed by atoms with E-state index in [1.54, 1.807) is 24.3 Å². The number of anilines is 1. The topological polar surface area (TPSA) is 108 Å². The summed E-state index contributed by atoms with van der Waals surface area (Å²) in [4.78, 5) is 24.2. The van der Waals surface area contributed by atoms with Gasteiger partial charge >= 0.3 is 6.03 Å². The highest BCUT2D eigenvalue weighted by atomic mass is 19.1. The molecule has 0 radical (unpaired) electrons. The van der Waals surface area contributed by atoms with Crippen LogP contribution in [0.1, 0.15) is 37.1 Å². The second-order valence-corrected chi connectivity index (χ2v) is 7.81. The highest BCUT2D eigenvalue weighted by molar-refractivity contribution is 6.11. The number of carbonyl (C=O) groups is 2. The van der Waals surface area contributed by atoms with Crippen LogP contribution in [0.15, 0.2) is 30.3 Å². The van der Waals surface area contributed by atoms with Crippen LogP contribution in [0, 0.1) is 11.7 Å². The zero-order chi connectivity index (χ0) is 21.8. The van der Waals surface area contributed by atoms with E-state index in [0.29, 0.717) is 37.1 Å². The molecule has 9 nitrogen and oxygen atoms in total. The minimum absolute atomic E-state index is 0.0487. The van der Waals surface area contributed by atoms with E-state index in [-0.39, 0.29) is 24.3 Å². The molecule has 0 bridgehead atoms. The van der Waals surface area contributed by atoms with Crippen molar-refractivity contribution < 1.29 is 18.7 Å². The second kappa shape index (κ2) is 9.36. The molecule has 4 rings (SSSR count). The van der Waals surface area contributed by atoms with Gasteiger partial charge < -0.3 is 4.74 Å². The molecule has 1 unspecified atom stereocenters. The molecule has 1 aromatic carbocycles. The van der Waals surface area contributed by atoms with Gasteiger partial charge in [-0.05, 0) is 55.5 Å². The normalized spacial score (nSPS) is 17.0. The van der Waals surface area contributed by atoms with Crippen molar-refractivity contribution in [3.8, 4) is 5.75 Å². The standard InChI is InChI=1S/C21H25FN6O3/c1-13(15-4-6-17(22)18(10-15)31-12-14-2-3-14)25-23-9-8-16-5-7-19(27-26-16)28-11-20(29)24-21(28)30/h4-7,10,13-14,23,25H,2-3,8-9,11-12H2,1H3,(H,24,29,30). The van der Waals surface area contributed by atoms with E-state index in [1.165, 1.54) is 11.0 Å². The van der Waals surface area contributed by atoms with Gasteiger partial charge in [-0.2, -0.15) is 5.10 Å². The third-order valence-electron chi connectivity index (χ3n) is 5.23. The molecule has 2 aromatic rings. The van der Waals surface area contributed by atoms with E-state index in [2.05, 4.69) is 26.4 Å². The zero-order valence-electron chi connectivity index (χ0n) is 17.2. The first-order valence-corrected chi connectivity index (χ1v) is 10.3. The summed E-state index contributed by atoms with van der Waals surface area (Å²) in [7, 11) is 0. The van der Waals surface area contributed by atoms with Crippen LogP contribution in [0.3, 0.4) is 0 Å². The molecule has 1 aromatic heterocycles. The maximum Gasteiger partial charge on any atom is 0.330 e. The average Bonchev–Trinajstić information content (AvgIpc) is 3.53. The molecule has 1 saturated heterocycles. The number of carbonyl (C=O) groups excluding carboxylic acids is 2. The molecule has 1 saturated carbocycles. The fraction of sp³-hybridized carbons (Fsp3) is 0.429. The molecular formula is C21H25FN6O3. The molecule has 3 amide bonds. The SMILES string of the molecule is CC(NNCCc1ccc(N2CC(=O)NC2=O)nn1)c1ccc(F)c(OCC2CC2)c1. The van der Waals surface area contributed by atoms with E-state index in [1.807, 2.05) is 6.92 Å². The van der Waals surface area contributed by atoms with Crippen molar-refractivity contribution in [1.29, 1.82) is 0 Å². The van der Waals surface area contributed by atoms with Crippen molar-refractivity contribution in [3.63, 3.8) is 0 Å². The van der Waals surface area contributed by atoms with E-state index >= 15 is 0 Å². The lowest BCUT2D eigenvalue weighted by molar-refractivity contribution is -0.117. The lowest BCUT2D eigenvalue weighted by Gasteiger charge is -2.17. The Morgan fingerprint density at radius 2 is 2.10 bits per heavy atom. The monoisotopic (exact) mass is 428 g/mol. The van der Waals surface area contributed by atoms with Crippen molar-refractivity contribution in [2.75, 3.05) is 24.6 Å². The lowest BCUT2D eigenvalue weighted by Crippen LogP contribution is -2.35. The number of urea groups is 1. The van der Waals surface area contributed by atoms with Gasteiger partial charge in [-0.1, -0.05) is 6.07 Å². The highest BCUT2D eigenvalue weighted by Crippen LogP contribution is 2.31. The van der Waals surface area contributed by atoms with E-state index in [9.17, 15) is 14.0 Å². The molecule has 10 heteroatoms. The Kier molecular flexibility index (Phi) is 6.38. The number of hydrogen-bond acceptors (Lipinski definition) is 7. The summed E-state index contributed by atoms with van der Waals surface area (Å²) < 4.78 is 19.6. The number of nitrogens with one attached hydrogen (secondary N) is 3. The fourth-order valence-electron chi connectivity index (χ4n) is 3.15. The van der Waals surface area contributed by atoms with Gasteiger partial charge in [-0.3, -0.25) is 25.9 Å².